The van der Waals surface area contributed by atoms with E-state index in [0.717, 1.165) is 61.8 Å². The fourth-order valence-electron chi connectivity index (χ4n) is 13.9. The van der Waals surface area contributed by atoms with Crippen molar-refractivity contribution in [1.29, 1.82) is 5.41 Å². The van der Waals surface area contributed by atoms with Crippen LogP contribution in [0, 0.1) is 5.41 Å². The molecule has 386 valence electrons. The van der Waals surface area contributed by atoms with Gasteiger partial charge in [0.1, 0.15) is 0 Å². The molecule has 12 aromatic carbocycles. The highest BCUT2D eigenvalue weighted by Crippen LogP contribution is 2.63. The van der Waals surface area contributed by atoms with Gasteiger partial charge in [-0.25, -0.2) is 0 Å². The highest BCUT2D eigenvalue weighted by Gasteiger charge is 2.50. The average molecular weight is 1050 g/mol. The van der Waals surface area contributed by atoms with E-state index in [9.17, 15) is 5.41 Å². The smallest absolute Gasteiger partial charge is 0.0714 e. The summed E-state index contributed by atoms with van der Waals surface area (Å²) in [5.74, 6) is 0. The van der Waals surface area contributed by atoms with E-state index in [4.69, 9.17) is 0 Å². The van der Waals surface area contributed by atoms with Gasteiger partial charge in [-0.3, -0.25) is 5.41 Å². The number of anilines is 3. The Morgan fingerprint density at radius 2 is 0.732 bits per heavy atom. The minimum atomic E-state index is -0.622. The molecule has 2 aliphatic carbocycles. The molecule has 82 heavy (non-hydrogen) atoms. The summed E-state index contributed by atoms with van der Waals surface area (Å²) >= 11 is 0. The van der Waals surface area contributed by atoms with Crippen LogP contribution in [-0.4, -0.2) is 5.71 Å². The van der Waals surface area contributed by atoms with Crippen LogP contribution < -0.4 is 10.2 Å². The summed E-state index contributed by atoms with van der Waals surface area (Å²) in [5.41, 5.74) is 24.5. The normalized spacial score (nSPS) is 14.4. The maximum atomic E-state index is 10.1. The second kappa shape index (κ2) is 19.9. The van der Waals surface area contributed by atoms with Crippen molar-refractivity contribution >= 4 is 45.8 Å². The van der Waals surface area contributed by atoms with Crippen molar-refractivity contribution < 1.29 is 0 Å². The molecule has 0 amide bonds. The van der Waals surface area contributed by atoms with Gasteiger partial charge in [0, 0.05) is 39.2 Å². The topological polar surface area (TPSA) is 39.1 Å². The van der Waals surface area contributed by atoms with E-state index in [-0.39, 0.29) is 0 Å². The number of benzene rings is 12. The molecule has 1 heterocycles. The Morgan fingerprint density at radius 3 is 1.20 bits per heavy atom. The van der Waals surface area contributed by atoms with Gasteiger partial charge in [-0.15, -0.1) is 0 Å². The van der Waals surface area contributed by atoms with E-state index < -0.39 is 10.8 Å². The summed E-state index contributed by atoms with van der Waals surface area (Å²) in [7, 11) is 0. The second-order valence-electron chi connectivity index (χ2n) is 21.5. The van der Waals surface area contributed by atoms with Gasteiger partial charge in [0.2, 0.25) is 0 Å². The van der Waals surface area contributed by atoms with Gasteiger partial charge in [0.15, 0.2) is 0 Å². The van der Waals surface area contributed by atoms with Crippen molar-refractivity contribution in [1.82, 2.24) is 5.32 Å². The van der Waals surface area contributed by atoms with E-state index in [2.05, 4.69) is 295 Å². The highest BCUT2D eigenvalue weighted by atomic mass is 15.2. The number of nitrogens with zero attached hydrogens (tertiary/aromatic N) is 1. The number of hydrogen-bond acceptors (Lipinski definition) is 3. The molecule has 0 atom stereocenters. The van der Waals surface area contributed by atoms with E-state index in [1.807, 2.05) is 36.4 Å². The standard InChI is InChI=1S/C79H55N3/c80-76(56-32-12-3-13-33-56)73(55-30-10-2-11-31-55)77-63-51-50-62(52-57(63)53-70(81-77)54-28-8-1-9-29-54)82(71-48-26-46-68-74(71)64-42-22-24-44-66(64)78(68,58-34-14-4-15-35-58)59-36-16-5-17-37-59)72-49-27-47-69-75(72)65-43-23-25-45-67(65)79(69,60-38-18-6-19-39-60)61-40-20-7-21-41-61/h1-53,80-81H/b77-73-,80-76?. The molecule has 0 fully saturated rings. The predicted octanol–water partition coefficient (Wildman–Crippen LogP) is 18.9. The Bertz CT molecular complexity index is 4190. The van der Waals surface area contributed by atoms with Crippen molar-refractivity contribution in [3.63, 3.8) is 0 Å². The quantitative estimate of drug-likeness (QED) is 0.127. The first-order valence-corrected chi connectivity index (χ1v) is 28.3. The second-order valence-corrected chi connectivity index (χ2v) is 21.5. The Balaban J connectivity index is 1.06. The lowest BCUT2D eigenvalue weighted by atomic mass is 9.67. The van der Waals surface area contributed by atoms with Gasteiger partial charge >= 0.3 is 0 Å². The third-order valence-corrected chi connectivity index (χ3v) is 17.2. The minimum Gasteiger partial charge on any atom is -0.354 e. The van der Waals surface area contributed by atoms with Crippen molar-refractivity contribution in [2.45, 2.75) is 10.8 Å². The molecule has 3 nitrogen and oxygen atoms in total. The summed E-state index contributed by atoms with van der Waals surface area (Å²) < 4.78 is 0. The highest BCUT2D eigenvalue weighted by molar-refractivity contribution is 6.36. The van der Waals surface area contributed by atoms with Gasteiger partial charge in [-0.05, 0) is 103 Å². The first-order valence-electron chi connectivity index (χ1n) is 28.3. The van der Waals surface area contributed by atoms with E-state index in [0.29, 0.717) is 5.71 Å². The SMILES string of the molecule is N=C(/C(=C1\NC(c2ccccc2)=Cc2cc(N(c3cccc4c3-c3ccccc3C4(c3ccccc3)c3ccccc3)c3cccc4c3-c3ccccc3C4(c3ccccc3)c3ccccc3)ccc21)c1ccccc1)c1ccccc1. The van der Waals surface area contributed by atoms with E-state index >= 15 is 0 Å². The van der Waals surface area contributed by atoms with Crippen LogP contribution in [0.25, 0.3) is 45.3 Å². The summed E-state index contributed by atoms with van der Waals surface area (Å²) in [4.78, 5) is 2.56. The Hall–Kier alpha value is -10.6. The number of rotatable bonds is 11. The van der Waals surface area contributed by atoms with Gasteiger partial charge in [0.25, 0.3) is 0 Å². The van der Waals surface area contributed by atoms with Crippen LogP contribution in [0.5, 0.6) is 0 Å². The molecule has 0 saturated heterocycles. The molecule has 3 heteroatoms. The van der Waals surface area contributed by atoms with E-state index in [1.54, 1.807) is 0 Å². The van der Waals surface area contributed by atoms with Gasteiger partial charge in [0.05, 0.1) is 33.6 Å². The zero-order chi connectivity index (χ0) is 54.6. The first-order chi connectivity index (χ1) is 40.6. The molecule has 0 saturated carbocycles. The zero-order valence-electron chi connectivity index (χ0n) is 45.0. The fourth-order valence-corrected chi connectivity index (χ4v) is 13.9. The molecule has 0 spiro atoms. The molecule has 0 aromatic heterocycles. The zero-order valence-corrected chi connectivity index (χ0v) is 45.0. The van der Waals surface area contributed by atoms with Gasteiger partial charge < -0.3 is 10.2 Å². The summed E-state index contributed by atoms with van der Waals surface area (Å²) in [5, 5.41) is 14.0. The van der Waals surface area contributed by atoms with E-state index in [1.165, 1.54) is 66.8 Å². The lowest BCUT2D eigenvalue weighted by molar-refractivity contribution is 0.768. The lowest BCUT2D eigenvalue weighted by Gasteiger charge is -2.35. The van der Waals surface area contributed by atoms with Crippen molar-refractivity contribution in [3.05, 3.63) is 388 Å². The van der Waals surface area contributed by atoms with Crippen LogP contribution >= 0.6 is 0 Å². The average Bonchev–Trinajstić information content (AvgIpc) is 3.01. The number of nitrogens with one attached hydrogen (secondary N) is 2. The van der Waals surface area contributed by atoms with Gasteiger partial charge in [-0.2, -0.15) is 0 Å². The predicted molar refractivity (Wildman–Crippen MR) is 340 cm³/mol. The molecule has 0 radical (unpaired) electrons. The first kappa shape index (κ1) is 48.5. The molecule has 1 aliphatic heterocycles. The monoisotopic (exact) mass is 1050 g/mol. The molecular formula is C79H55N3. The van der Waals surface area contributed by atoms with Crippen molar-refractivity contribution in [2.75, 3.05) is 4.90 Å². The summed E-state index contributed by atoms with van der Waals surface area (Å²) in [6.45, 7) is 0. The van der Waals surface area contributed by atoms with Crippen LogP contribution in [0.3, 0.4) is 0 Å². The third kappa shape index (κ3) is 7.47. The maximum absolute atomic E-state index is 10.1. The molecule has 0 bridgehead atoms. The third-order valence-electron chi connectivity index (χ3n) is 17.2. The fraction of sp³-hybridized carbons (Fsp3) is 0.0253. The number of hydrogen-bond donors (Lipinski definition) is 2. The van der Waals surface area contributed by atoms with Crippen LogP contribution in [0.4, 0.5) is 17.1 Å². The molecular weight excluding hydrogens is 991 g/mol. The van der Waals surface area contributed by atoms with Crippen LogP contribution in [0.2, 0.25) is 0 Å². The number of fused-ring (bicyclic) bond motifs is 7. The van der Waals surface area contributed by atoms with Gasteiger partial charge in [-0.1, -0.05) is 291 Å². The van der Waals surface area contributed by atoms with Crippen molar-refractivity contribution in [3.8, 4) is 22.3 Å². The lowest BCUT2D eigenvalue weighted by Crippen LogP contribution is -2.28. The Morgan fingerprint density at radius 1 is 0.341 bits per heavy atom. The largest absolute Gasteiger partial charge is 0.354 e. The van der Waals surface area contributed by atoms with Crippen LogP contribution in [0.1, 0.15) is 72.3 Å². The van der Waals surface area contributed by atoms with Crippen LogP contribution in [-0.2, 0) is 10.8 Å². The minimum absolute atomic E-state index is 0.443. The Labute approximate surface area is 479 Å². The number of allylic oxidation sites excluding steroid dienone is 1. The van der Waals surface area contributed by atoms with Crippen molar-refractivity contribution in [2.24, 2.45) is 0 Å². The molecule has 3 aliphatic rings. The molecule has 0 unspecified atom stereocenters. The Kier molecular flexibility index (Phi) is 11.8. The molecule has 2 N–H and O–H groups in total. The molecule has 12 aromatic rings. The maximum Gasteiger partial charge on any atom is 0.0714 e. The van der Waals surface area contributed by atoms with Crippen LogP contribution in [0.15, 0.2) is 315 Å². The summed E-state index contributed by atoms with van der Waals surface area (Å²) in [6.07, 6.45) is 2.30. The summed E-state index contributed by atoms with van der Waals surface area (Å²) in [6, 6.07) is 115. The molecule has 15 rings (SSSR count).